The van der Waals surface area contributed by atoms with Crippen molar-refractivity contribution < 1.29 is 0 Å². The normalized spacial score (nSPS) is 12.7. The summed E-state index contributed by atoms with van der Waals surface area (Å²) in [5.41, 5.74) is 2.43. The summed E-state index contributed by atoms with van der Waals surface area (Å²) < 4.78 is 1.83. The van der Waals surface area contributed by atoms with Crippen LogP contribution in [0, 0.1) is 0 Å². The number of hydrogen-bond donors (Lipinski definition) is 1. The molecule has 1 heterocycles. The van der Waals surface area contributed by atoms with E-state index in [9.17, 15) is 0 Å². The van der Waals surface area contributed by atoms with Crippen LogP contribution in [0.1, 0.15) is 17.3 Å². The number of fused-ring (bicyclic) bond motifs is 1. The van der Waals surface area contributed by atoms with E-state index in [2.05, 4.69) is 58.1 Å². The lowest BCUT2D eigenvalue weighted by Crippen LogP contribution is -2.21. The molecule has 1 unspecified atom stereocenters. The molecular formula is C16H18N4. The van der Waals surface area contributed by atoms with Crippen LogP contribution in [-0.2, 0) is 13.5 Å². The van der Waals surface area contributed by atoms with Gasteiger partial charge in [0.15, 0.2) is 0 Å². The molecule has 2 aromatic carbocycles. The third-order valence-corrected chi connectivity index (χ3v) is 3.76. The standard InChI is InChI=1S/C16H18N4/c1-17-15(16-11-18-19-20(16)2)10-13-8-5-7-12-6-3-4-9-14(12)13/h3-9,11,15,17H,10H2,1-2H3. The molecular weight excluding hydrogens is 248 g/mol. The minimum Gasteiger partial charge on any atom is -0.311 e. The molecule has 1 N–H and O–H groups in total. The van der Waals surface area contributed by atoms with Gasteiger partial charge >= 0.3 is 0 Å². The number of hydrogen-bond acceptors (Lipinski definition) is 3. The van der Waals surface area contributed by atoms with E-state index in [-0.39, 0.29) is 6.04 Å². The summed E-state index contributed by atoms with van der Waals surface area (Å²) in [6, 6.07) is 15.2. The van der Waals surface area contributed by atoms with Crippen molar-refractivity contribution in [1.82, 2.24) is 20.3 Å². The van der Waals surface area contributed by atoms with Gasteiger partial charge in [-0.3, -0.25) is 4.68 Å². The van der Waals surface area contributed by atoms with Crippen LogP contribution in [0.4, 0.5) is 0 Å². The second-order valence-electron chi connectivity index (χ2n) is 4.97. The highest BCUT2D eigenvalue weighted by Gasteiger charge is 2.15. The van der Waals surface area contributed by atoms with E-state index >= 15 is 0 Å². The second kappa shape index (κ2) is 5.43. The van der Waals surface area contributed by atoms with Gasteiger partial charge in [-0.25, -0.2) is 0 Å². The maximum absolute atomic E-state index is 4.02. The van der Waals surface area contributed by atoms with Gasteiger partial charge in [0, 0.05) is 7.05 Å². The first-order valence-corrected chi connectivity index (χ1v) is 6.78. The summed E-state index contributed by atoms with van der Waals surface area (Å²) in [5.74, 6) is 0. The molecule has 0 saturated carbocycles. The van der Waals surface area contributed by atoms with Gasteiger partial charge in [0.25, 0.3) is 0 Å². The Morgan fingerprint density at radius 3 is 2.70 bits per heavy atom. The first-order valence-electron chi connectivity index (χ1n) is 6.78. The van der Waals surface area contributed by atoms with Crippen molar-refractivity contribution >= 4 is 10.8 Å². The maximum Gasteiger partial charge on any atom is 0.0756 e. The lowest BCUT2D eigenvalue weighted by atomic mass is 9.97. The number of nitrogens with zero attached hydrogens (tertiary/aromatic N) is 3. The van der Waals surface area contributed by atoms with Crippen molar-refractivity contribution in [2.24, 2.45) is 7.05 Å². The van der Waals surface area contributed by atoms with E-state index < -0.39 is 0 Å². The van der Waals surface area contributed by atoms with Gasteiger partial charge in [-0.2, -0.15) is 0 Å². The zero-order valence-corrected chi connectivity index (χ0v) is 11.7. The van der Waals surface area contributed by atoms with Crippen LogP contribution >= 0.6 is 0 Å². The van der Waals surface area contributed by atoms with Crippen molar-refractivity contribution in [1.29, 1.82) is 0 Å². The summed E-state index contributed by atoms with van der Waals surface area (Å²) in [6.45, 7) is 0. The summed E-state index contributed by atoms with van der Waals surface area (Å²) >= 11 is 0. The molecule has 20 heavy (non-hydrogen) atoms. The molecule has 4 nitrogen and oxygen atoms in total. The summed E-state index contributed by atoms with van der Waals surface area (Å²) in [4.78, 5) is 0. The smallest absolute Gasteiger partial charge is 0.0756 e. The maximum atomic E-state index is 4.02. The molecule has 0 amide bonds. The molecule has 0 spiro atoms. The van der Waals surface area contributed by atoms with E-state index in [1.807, 2.05) is 25.0 Å². The monoisotopic (exact) mass is 266 g/mol. The molecule has 4 heteroatoms. The van der Waals surface area contributed by atoms with Gasteiger partial charge in [-0.1, -0.05) is 47.7 Å². The summed E-state index contributed by atoms with van der Waals surface area (Å²) in [5, 5.41) is 13.9. The fraction of sp³-hybridized carbons (Fsp3) is 0.250. The van der Waals surface area contributed by atoms with Crippen LogP contribution in [-0.4, -0.2) is 22.0 Å². The number of aromatic nitrogens is 3. The average Bonchev–Trinajstić information content (AvgIpc) is 2.91. The van der Waals surface area contributed by atoms with Crippen LogP contribution in [0.15, 0.2) is 48.7 Å². The Bertz CT molecular complexity index is 712. The summed E-state index contributed by atoms with van der Waals surface area (Å²) in [7, 11) is 3.90. The fourth-order valence-corrected chi connectivity index (χ4v) is 2.66. The molecule has 0 fully saturated rings. The molecule has 1 aromatic heterocycles. The molecule has 1 atom stereocenters. The van der Waals surface area contributed by atoms with Gasteiger partial charge in [-0.05, 0) is 29.8 Å². The fourth-order valence-electron chi connectivity index (χ4n) is 2.66. The van der Waals surface area contributed by atoms with Crippen molar-refractivity contribution in [2.75, 3.05) is 7.05 Å². The van der Waals surface area contributed by atoms with Crippen molar-refractivity contribution in [3.63, 3.8) is 0 Å². The molecule has 3 aromatic rings. The minimum absolute atomic E-state index is 0.209. The molecule has 0 saturated heterocycles. The third kappa shape index (κ3) is 2.30. The number of nitrogens with one attached hydrogen (secondary N) is 1. The van der Waals surface area contributed by atoms with Gasteiger partial charge < -0.3 is 5.32 Å². The molecule has 3 rings (SSSR count). The van der Waals surface area contributed by atoms with Gasteiger partial charge in [0.05, 0.1) is 17.9 Å². The zero-order valence-electron chi connectivity index (χ0n) is 11.7. The van der Waals surface area contributed by atoms with E-state index in [1.165, 1.54) is 16.3 Å². The first kappa shape index (κ1) is 12.8. The Morgan fingerprint density at radius 1 is 1.15 bits per heavy atom. The van der Waals surface area contributed by atoms with E-state index in [0.717, 1.165) is 12.1 Å². The van der Waals surface area contributed by atoms with Gasteiger partial charge in [0.1, 0.15) is 0 Å². The number of benzene rings is 2. The molecule has 0 aliphatic heterocycles. The first-order chi connectivity index (χ1) is 9.79. The minimum atomic E-state index is 0.209. The Hall–Kier alpha value is -2.20. The van der Waals surface area contributed by atoms with E-state index in [4.69, 9.17) is 0 Å². The van der Waals surface area contributed by atoms with Gasteiger partial charge in [-0.15, -0.1) is 5.10 Å². The Balaban J connectivity index is 1.98. The van der Waals surface area contributed by atoms with E-state index in [1.54, 1.807) is 0 Å². The van der Waals surface area contributed by atoms with Crippen molar-refractivity contribution in [3.05, 3.63) is 59.9 Å². The van der Waals surface area contributed by atoms with Crippen LogP contribution in [0.3, 0.4) is 0 Å². The zero-order chi connectivity index (χ0) is 13.9. The van der Waals surface area contributed by atoms with Crippen molar-refractivity contribution in [3.8, 4) is 0 Å². The third-order valence-electron chi connectivity index (χ3n) is 3.76. The number of rotatable bonds is 4. The molecule has 0 aliphatic carbocycles. The van der Waals surface area contributed by atoms with Crippen LogP contribution < -0.4 is 5.32 Å². The average molecular weight is 266 g/mol. The summed E-state index contributed by atoms with van der Waals surface area (Å²) in [6.07, 6.45) is 2.74. The van der Waals surface area contributed by atoms with Gasteiger partial charge in [0.2, 0.25) is 0 Å². The Labute approximate surface area is 118 Å². The highest BCUT2D eigenvalue weighted by molar-refractivity contribution is 5.85. The second-order valence-corrected chi connectivity index (χ2v) is 4.97. The van der Waals surface area contributed by atoms with Crippen LogP contribution in [0.5, 0.6) is 0 Å². The Kier molecular flexibility index (Phi) is 3.48. The highest BCUT2D eigenvalue weighted by atomic mass is 15.4. The Morgan fingerprint density at radius 2 is 1.95 bits per heavy atom. The lowest BCUT2D eigenvalue weighted by molar-refractivity contribution is 0.536. The molecule has 102 valence electrons. The topological polar surface area (TPSA) is 42.7 Å². The predicted molar refractivity (Wildman–Crippen MR) is 80.5 cm³/mol. The SMILES string of the molecule is CNC(Cc1cccc2ccccc12)c1cnnn1C. The lowest BCUT2D eigenvalue weighted by Gasteiger charge is -2.17. The molecule has 0 radical (unpaired) electrons. The highest BCUT2D eigenvalue weighted by Crippen LogP contribution is 2.23. The van der Waals surface area contributed by atoms with Crippen LogP contribution in [0.25, 0.3) is 10.8 Å². The van der Waals surface area contributed by atoms with Crippen molar-refractivity contribution in [2.45, 2.75) is 12.5 Å². The predicted octanol–water partition coefficient (Wildman–Crippen LogP) is 2.47. The molecule has 0 bridgehead atoms. The molecule has 0 aliphatic rings. The largest absolute Gasteiger partial charge is 0.311 e. The van der Waals surface area contributed by atoms with Crippen LogP contribution in [0.2, 0.25) is 0 Å². The quantitative estimate of drug-likeness (QED) is 0.789. The number of aryl methyl sites for hydroxylation is 1. The number of likely N-dealkylation sites (N-methyl/N-ethyl adjacent to an activating group) is 1. The van der Waals surface area contributed by atoms with E-state index in [0.29, 0.717) is 0 Å².